The summed E-state index contributed by atoms with van der Waals surface area (Å²) in [5.74, 6) is -2.69. The van der Waals surface area contributed by atoms with Crippen molar-refractivity contribution in [1.82, 2.24) is 4.90 Å². The lowest BCUT2D eigenvalue weighted by molar-refractivity contribution is -0.0588. The number of hydrogen-bond acceptors (Lipinski definition) is 3. The van der Waals surface area contributed by atoms with Gasteiger partial charge in [0.25, 0.3) is 0 Å². The molecular weight excluding hydrogens is 252 g/mol. The summed E-state index contributed by atoms with van der Waals surface area (Å²) in [4.78, 5) is 2.23. The Balaban J connectivity index is 1.77. The van der Waals surface area contributed by atoms with E-state index in [1.54, 1.807) is 0 Å². The van der Waals surface area contributed by atoms with Crippen molar-refractivity contribution in [2.75, 3.05) is 13.2 Å². The van der Waals surface area contributed by atoms with Gasteiger partial charge in [-0.25, -0.2) is 8.78 Å². The number of phenols is 1. The van der Waals surface area contributed by atoms with Gasteiger partial charge in [-0.1, -0.05) is 0 Å². The summed E-state index contributed by atoms with van der Waals surface area (Å²) in [6.45, 7) is 1.95. The lowest BCUT2D eigenvalue weighted by Gasteiger charge is -2.37. The molecule has 104 valence electrons. The zero-order chi connectivity index (χ0) is 13.4. The maximum atomic E-state index is 13.3. The van der Waals surface area contributed by atoms with Crippen LogP contribution in [0.2, 0.25) is 0 Å². The molecule has 2 fully saturated rings. The lowest BCUT2D eigenvalue weighted by atomic mass is 10.1. The third-order valence-electron chi connectivity index (χ3n) is 4.06. The van der Waals surface area contributed by atoms with E-state index in [1.165, 1.54) is 12.1 Å². The Hall–Kier alpha value is -1.20. The van der Waals surface area contributed by atoms with Gasteiger partial charge in [-0.2, -0.15) is 0 Å². The average molecular weight is 269 g/mol. The molecule has 3 rings (SSSR count). The Kier molecular flexibility index (Phi) is 3.41. The summed E-state index contributed by atoms with van der Waals surface area (Å²) in [6, 6.07) is 2.77. The fourth-order valence-electron chi connectivity index (χ4n) is 3.15. The van der Waals surface area contributed by atoms with Crippen LogP contribution in [0, 0.1) is 11.6 Å². The van der Waals surface area contributed by atoms with Gasteiger partial charge in [0.15, 0.2) is 17.4 Å². The van der Waals surface area contributed by atoms with Crippen LogP contribution >= 0.6 is 0 Å². The van der Waals surface area contributed by atoms with Crippen LogP contribution in [0.25, 0.3) is 0 Å². The monoisotopic (exact) mass is 269 g/mol. The molecule has 1 saturated heterocycles. The molecule has 2 atom stereocenters. The van der Waals surface area contributed by atoms with Crippen molar-refractivity contribution in [2.24, 2.45) is 0 Å². The first kappa shape index (κ1) is 12.8. The predicted molar refractivity (Wildman–Crippen MR) is 65.8 cm³/mol. The van der Waals surface area contributed by atoms with Crippen LogP contribution in [0.3, 0.4) is 0 Å². The van der Waals surface area contributed by atoms with Crippen molar-refractivity contribution in [2.45, 2.75) is 38.0 Å². The van der Waals surface area contributed by atoms with Crippen LogP contribution in [-0.4, -0.2) is 35.3 Å². The normalized spacial score (nSPS) is 27.5. The zero-order valence-corrected chi connectivity index (χ0v) is 10.6. The summed E-state index contributed by atoms with van der Waals surface area (Å²) in [6.07, 6.45) is 3.55. The topological polar surface area (TPSA) is 32.7 Å². The first-order chi connectivity index (χ1) is 9.15. The van der Waals surface area contributed by atoms with E-state index < -0.39 is 17.4 Å². The first-order valence-electron chi connectivity index (χ1n) is 6.67. The van der Waals surface area contributed by atoms with E-state index in [0.29, 0.717) is 24.8 Å². The number of fused-ring (bicyclic) bond motifs is 1. The summed E-state index contributed by atoms with van der Waals surface area (Å²) in [5.41, 5.74) is 0.556. The Morgan fingerprint density at radius 3 is 2.74 bits per heavy atom. The molecule has 1 heterocycles. The first-order valence-corrected chi connectivity index (χ1v) is 6.67. The van der Waals surface area contributed by atoms with Crippen molar-refractivity contribution in [3.63, 3.8) is 0 Å². The zero-order valence-electron chi connectivity index (χ0n) is 10.6. The second-order valence-electron chi connectivity index (χ2n) is 5.29. The number of morpholine rings is 1. The molecule has 2 unspecified atom stereocenters. The average Bonchev–Trinajstić information content (AvgIpc) is 2.85. The highest BCUT2D eigenvalue weighted by Crippen LogP contribution is 2.31. The minimum atomic E-state index is -0.899. The van der Waals surface area contributed by atoms with Crippen molar-refractivity contribution < 1.29 is 18.6 Å². The number of ether oxygens (including phenoxy) is 1. The Bertz CT molecular complexity index is 458. The molecule has 1 aliphatic carbocycles. The largest absolute Gasteiger partial charge is 0.503 e. The maximum absolute atomic E-state index is 13.3. The molecule has 0 spiro atoms. The van der Waals surface area contributed by atoms with E-state index in [0.717, 1.165) is 25.8 Å². The summed E-state index contributed by atoms with van der Waals surface area (Å²) >= 11 is 0. The van der Waals surface area contributed by atoms with E-state index in [1.807, 2.05) is 0 Å². The molecular formula is C14H17F2NO2. The van der Waals surface area contributed by atoms with Gasteiger partial charge < -0.3 is 9.84 Å². The number of benzene rings is 1. The summed E-state index contributed by atoms with van der Waals surface area (Å²) in [7, 11) is 0. The molecule has 0 bridgehead atoms. The number of rotatable bonds is 2. The second-order valence-corrected chi connectivity index (χ2v) is 5.29. The van der Waals surface area contributed by atoms with Crippen molar-refractivity contribution in [1.29, 1.82) is 0 Å². The molecule has 2 aliphatic rings. The Morgan fingerprint density at radius 1 is 1.26 bits per heavy atom. The van der Waals surface area contributed by atoms with Gasteiger partial charge in [0.05, 0.1) is 12.7 Å². The van der Waals surface area contributed by atoms with E-state index in [2.05, 4.69) is 4.90 Å². The molecule has 1 aromatic carbocycles. The molecule has 1 N–H and O–H groups in total. The minimum Gasteiger partial charge on any atom is -0.503 e. The quantitative estimate of drug-likeness (QED) is 0.895. The highest BCUT2D eigenvalue weighted by molar-refractivity contribution is 5.30. The third-order valence-corrected chi connectivity index (χ3v) is 4.06. The molecule has 0 radical (unpaired) electrons. The van der Waals surface area contributed by atoms with Crippen LogP contribution in [0.4, 0.5) is 8.78 Å². The third kappa shape index (κ3) is 2.44. The molecule has 19 heavy (non-hydrogen) atoms. The number of phenolic OH excluding ortho intramolecular Hbond substituents is 1. The van der Waals surface area contributed by atoms with Crippen molar-refractivity contribution in [3.8, 4) is 5.75 Å². The second kappa shape index (κ2) is 5.06. The molecule has 1 aromatic rings. The van der Waals surface area contributed by atoms with Crippen LogP contribution < -0.4 is 0 Å². The fourth-order valence-corrected chi connectivity index (χ4v) is 3.15. The lowest BCUT2D eigenvalue weighted by Crippen LogP contribution is -2.47. The highest BCUT2D eigenvalue weighted by atomic mass is 19.1. The van der Waals surface area contributed by atoms with Crippen LogP contribution in [-0.2, 0) is 11.3 Å². The van der Waals surface area contributed by atoms with Crippen LogP contribution in [0.5, 0.6) is 5.75 Å². The van der Waals surface area contributed by atoms with Gasteiger partial charge in [-0.3, -0.25) is 4.90 Å². The van der Waals surface area contributed by atoms with Gasteiger partial charge in [0.2, 0.25) is 0 Å². The summed E-state index contributed by atoms with van der Waals surface area (Å²) in [5, 5.41) is 9.10. The minimum absolute atomic E-state index is 0.264. The van der Waals surface area contributed by atoms with E-state index in [-0.39, 0.29) is 6.10 Å². The number of aromatic hydroxyl groups is 1. The van der Waals surface area contributed by atoms with Gasteiger partial charge in [-0.05, 0) is 37.0 Å². The van der Waals surface area contributed by atoms with Gasteiger partial charge in [0.1, 0.15) is 0 Å². The number of halogens is 2. The van der Waals surface area contributed by atoms with Gasteiger partial charge >= 0.3 is 0 Å². The molecule has 5 heteroatoms. The smallest absolute Gasteiger partial charge is 0.187 e. The SMILES string of the molecule is Oc1c(F)cc(CN2CCOC3CCCC32)cc1F. The van der Waals surface area contributed by atoms with Gasteiger partial charge in [0, 0.05) is 19.1 Å². The molecule has 1 saturated carbocycles. The molecule has 0 aromatic heterocycles. The van der Waals surface area contributed by atoms with E-state index in [4.69, 9.17) is 9.84 Å². The maximum Gasteiger partial charge on any atom is 0.187 e. The predicted octanol–water partition coefficient (Wildman–Crippen LogP) is 2.42. The van der Waals surface area contributed by atoms with Crippen molar-refractivity contribution >= 4 is 0 Å². The summed E-state index contributed by atoms with van der Waals surface area (Å²) < 4.78 is 32.4. The van der Waals surface area contributed by atoms with E-state index >= 15 is 0 Å². The Morgan fingerprint density at radius 2 is 2.00 bits per heavy atom. The standard InChI is InChI=1S/C14H17F2NO2/c15-10-6-9(7-11(16)14(10)18)8-17-4-5-19-13-3-1-2-12(13)17/h6-7,12-13,18H,1-5,8H2. The molecule has 3 nitrogen and oxygen atoms in total. The number of hydrogen-bond donors (Lipinski definition) is 1. The number of nitrogens with zero attached hydrogens (tertiary/aromatic N) is 1. The van der Waals surface area contributed by atoms with Crippen molar-refractivity contribution in [3.05, 3.63) is 29.3 Å². The Labute approximate surface area is 110 Å². The van der Waals surface area contributed by atoms with E-state index in [9.17, 15) is 8.78 Å². The fraction of sp³-hybridized carbons (Fsp3) is 0.571. The van der Waals surface area contributed by atoms with Crippen LogP contribution in [0.1, 0.15) is 24.8 Å². The van der Waals surface area contributed by atoms with Crippen LogP contribution in [0.15, 0.2) is 12.1 Å². The highest BCUT2D eigenvalue weighted by Gasteiger charge is 2.35. The van der Waals surface area contributed by atoms with Gasteiger partial charge in [-0.15, -0.1) is 0 Å². The molecule has 1 aliphatic heterocycles. The molecule has 0 amide bonds.